The Labute approximate surface area is 280 Å². The minimum Gasteiger partial charge on any atom is -0.496 e. The lowest BCUT2D eigenvalue weighted by molar-refractivity contribution is -0.137. The molecule has 9 nitrogen and oxygen atoms in total. The number of carbonyl (C=O) groups excluding carboxylic acids is 2. The maximum Gasteiger partial charge on any atom is 0.335 e. The van der Waals surface area contributed by atoms with Gasteiger partial charge < -0.3 is 33.3 Å². The average Bonchev–Trinajstić information content (AvgIpc) is 3.15. The van der Waals surface area contributed by atoms with Crippen LogP contribution in [0.15, 0.2) is 119 Å². The summed E-state index contributed by atoms with van der Waals surface area (Å²) >= 11 is 0. The first-order valence-electron chi connectivity index (χ1n) is 15.3. The molecule has 0 atom stereocenters. The molecule has 0 spiro atoms. The number of hydrogen-bond acceptors (Lipinski definition) is 9. The van der Waals surface area contributed by atoms with Crippen LogP contribution in [0.4, 0.5) is 11.4 Å². The van der Waals surface area contributed by atoms with Crippen molar-refractivity contribution in [2.45, 2.75) is 18.8 Å². The summed E-state index contributed by atoms with van der Waals surface area (Å²) in [4.78, 5) is 29.8. The van der Waals surface area contributed by atoms with E-state index >= 15 is 0 Å². The number of anilines is 2. The number of para-hydroxylation sites is 6. The third-order valence-electron chi connectivity index (χ3n) is 8.48. The van der Waals surface area contributed by atoms with E-state index in [1.807, 2.05) is 102 Å². The third kappa shape index (κ3) is 6.44. The van der Waals surface area contributed by atoms with Crippen molar-refractivity contribution in [2.24, 2.45) is 0 Å². The van der Waals surface area contributed by atoms with E-state index in [1.165, 1.54) is 14.2 Å². The first-order chi connectivity index (χ1) is 23.4. The summed E-state index contributed by atoms with van der Waals surface area (Å²) in [6.07, 6.45) is 0.0668. The maximum atomic E-state index is 13.9. The smallest absolute Gasteiger partial charge is 0.335 e. The van der Waals surface area contributed by atoms with Crippen LogP contribution in [-0.4, -0.2) is 54.6 Å². The van der Waals surface area contributed by atoms with Crippen molar-refractivity contribution in [1.82, 2.24) is 0 Å². The Bertz CT molecular complexity index is 1630. The minimum absolute atomic E-state index is 0.0172. The Balaban J connectivity index is 1.85. The molecule has 4 aromatic carbocycles. The molecule has 0 unspecified atom stereocenters. The van der Waals surface area contributed by atoms with Gasteiger partial charge in [-0.3, -0.25) is 0 Å². The number of nitrogens with zero attached hydrogens (tertiary/aromatic N) is 1. The number of methoxy groups -OCH3 is 6. The summed E-state index contributed by atoms with van der Waals surface area (Å²) in [6, 6.07) is 30.1. The van der Waals surface area contributed by atoms with Gasteiger partial charge in [0.15, 0.2) is 0 Å². The highest BCUT2D eigenvalue weighted by Crippen LogP contribution is 2.50. The fourth-order valence-corrected chi connectivity index (χ4v) is 6.32. The summed E-state index contributed by atoms with van der Waals surface area (Å²) < 4.78 is 34.2. The summed E-state index contributed by atoms with van der Waals surface area (Å²) in [5.41, 5.74) is 4.77. The lowest BCUT2D eigenvalue weighted by Gasteiger charge is -2.36. The number of rotatable bonds is 12. The van der Waals surface area contributed by atoms with Crippen molar-refractivity contribution in [3.63, 3.8) is 0 Å². The van der Waals surface area contributed by atoms with Gasteiger partial charge in [0.25, 0.3) is 0 Å². The Morgan fingerprint density at radius 3 is 1.35 bits per heavy atom. The van der Waals surface area contributed by atoms with Crippen molar-refractivity contribution in [2.75, 3.05) is 47.6 Å². The van der Waals surface area contributed by atoms with Gasteiger partial charge in [-0.1, -0.05) is 60.7 Å². The molecule has 0 heterocycles. The lowest BCUT2D eigenvalue weighted by Crippen LogP contribution is -2.29. The first kappa shape index (κ1) is 33.7. The molecule has 4 aromatic rings. The number of carbonyl (C=O) groups is 2. The fourth-order valence-electron chi connectivity index (χ4n) is 6.32. The van der Waals surface area contributed by atoms with Crippen molar-refractivity contribution >= 4 is 23.3 Å². The molecule has 0 fully saturated rings. The second-order valence-corrected chi connectivity index (χ2v) is 10.9. The molecule has 1 aliphatic carbocycles. The van der Waals surface area contributed by atoms with Gasteiger partial charge in [-0.25, -0.2) is 9.59 Å². The number of hydrogen-bond donors (Lipinski definition) is 0. The molecule has 0 aromatic heterocycles. The van der Waals surface area contributed by atoms with Crippen molar-refractivity contribution < 1.29 is 38.0 Å². The highest BCUT2D eigenvalue weighted by molar-refractivity contribution is 5.98. The SMILES string of the molecule is COC(=O)C1=C(C(c2ccccc2OC)c2ccccc2OC)CC(C(=O)OC)=C(N(c2ccccc2OC)c2ccccc2OC)C1. The molecule has 5 rings (SSSR count). The number of esters is 2. The summed E-state index contributed by atoms with van der Waals surface area (Å²) in [5.74, 6) is 0.707. The molecule has 48 heavy (non-hydrogen) atoms. The Morgan fingerprint density at radius 1 is 0.521 bits per heavy atom. The van der Waals surface area contributed by atoms with Crippen LogP contribution in [0.25, 0.3) is 0 Å². The normalized spacial score (nSPS) is 12.8. The topological polar surface area (TPSA) is 92.8 Å². The van der Waals surface area contributed by atoms with Crippen LogP contribution in [0, 0.1) is 0 Å². The molecule has 0 amide bonds. The first-order valence-corrected chi connectivity index (χ1v) is 15.3. The lowest BCUT2D eigenvalue weighted by atomic mass is 9.75. The van der Waals surface area contributed by atoms with E-state index in [2.05, 4.69) is 0 Å². The average molecular weight is 650 g/mol. The van der Waals surface area contributed by atoms with Gasteiger partial charge in [-0.15, -0.1) is 0 Å². The Morgan fingerprint density at radius 2 is 0.917 bits per heavy atom. The van der Waals surface area contributed by atoms with Crippen LogP contribution in [0.1, 0.15) is 29.9 Å². The Kier molecular flexibility index (Phi) is 10.7. The fraction of sp³-hybridized carbons (Fsp3) is 0.231. The summed E-state index contributed by atoms with van der Waals surface area (Å²) in [7, 11) is 9.07. The molecule has 0 aliphatic heterocycles. The van der Waals surface area contributed by atoms with Gasteiger partial charge in [0.1, 0.15) is 23.0 Å². The molecule has 0 bridgehead atoms. The Hall–Kier alpha value is -5.70. The highest BCUT2D eigenvalue weighted by Gasteiger charge is 2.39. The van der Waals surface area contributed by atoms with E-state index in [9.17, 15) is 9.59 Å². The summed E-state index contributed by atoms with van der Waals surface area (Å²) in [5, 5.41) is 0. The predicted octanol–water partition coefficient (Wildman–Crippen LogP) is 7.38. The largest absolute Gasteiger partial charge is 0.496 e. The van der Waals surface area contributed by atoms with Gasteiger partial charge in [0.2, 0.25) is 0 Å². The van der Waals surface area contributed by atoms with E-state index in [0.29, 0.717) is 56.8 Å². The second-order valence-electron chi connectivity index (χ2n) is 10.9. The third-order valence-corrected chi connectivity index (χ3v) is 8.48. The van der Waals surface area contributed by atoms with Gasteiger partial charge in [0.05, 0.1) is 59.6 Å². The molecule has 9 heteroatoms. The zero-order valence-electron chi connectivity index (χ0n) is 27.9. The molecular weight excluding hydrogens is 610 g/mol. The van der Waals surface area contributed by atoms with E-state index in [0.717, 1.165) is 11.1 Å². The van der Waals surface area contributed by atoms with Crippen LogP contribution in [0.2, 0.25) is 0 Å². The standard InChI is InChI=1S/C39H39NO8/c1-43-33-19-11-7-15-25(33)37(26-16-8-12-20-34(26)44-2)27-23-29(39(42)48-6)32(24-28(27)38(41)47-5)40(30-17-9-13-21-35(30)45-3)31-18-10-14-22-36(31)46-4/h7-22,37H,23-24H2,1-6H3. The van der Waals surface area contributed by atoms with Crippen LogP contribution in [0.5, 0.6) is 23.0 Å². The van der Waals surface area contributed by atoms with Crippen molar-refractivity contribution in [1.29, 1.82) is 0 Å². The maximum absolute atomic E-state index is 13.9. The van der Waals surface area contributed by atoms with Gasteiger partial charge >= 0.3 is 11.9 Å². The summed E-state index contributed by atoms with van der Waals surface area (Å²) in [6.45, 7) is 0. The van der Waals surface area contributed by atoms with Gasteiger partial charge in [-0.2, -0.15) is 0 Å². The zero-order chi connectivity index (χ0) is 34.2. The van der Waals surface area contributed by atoms with Crippen LogP contribution in [0.3, 0.4) is 0 Å². The van der Waals surface area contributed by atoms with Crippen LogP contribution >= 0.6 is 0 Å². The van der Waals surface area contributed by atoms with Crippen LogP contribution < -0.4 is 23.8 Å². The van der Waals surface area contributed by atoms with E-state index < -0.39 is 17.9 Å². The van der Waals surface area contributed by atoms with Crippen LogP contribution in [-0.2, 0) is 19.1 Å². The molecule has 248 valence electrons. The van der Waals surface area contributed by atoms with E-state index in [1.54, 1.807) is 28.4 Å². The second kappa shape index (κ2) is 15.3. The predicted molar refractivity (Wildman–Crippen MR) is 183 cm³/mol. The molecule has 0 N–H and O–H groups in total. The molecule has 1 aliphatic rings. The van der Waals surface area contributed by atoms with E-state index in [-0.39, 0.29) is 12.8 Å². The monoisotopic (exact) mass is 649 g/mol. The molecule has 0 saturated carbocycles. The number of ether oxygens (including phenoxy) is 6. The molecule has 0 saturated heterocycles. The van der Waals surface area contributed by atoms with Gasteiger partial charge in [0, 0.05) is 41.2 Å². The number of allylic oxidation sites excluding steroid dienone is 2. The zero-order valence-corrected chi connectivity index (χ0v) is 27.9. The molecular formula is C39H39NO8. The quantitative estimate of drug-likeness (QED) is 0.146. The van der Waals surface area contributed by atoms with Crippen molar-refractivity contribution in [3.8, 4) is 23.0 Å². The van der Waals surface area contributed by atoms with Gasteiger partial charge in [-0.05, 0) is 42.0 Å². The minimum atomic E-state index is -0.557. The molecule has 0 radical (unpaired) electrons. The number of benzene rings is 4. The highest BCUT2D eigenvalue weighted by atomic mass is 16.5. The van der Waals surface area contributed by atoms with Crippen molar-refractivity contribution in [3.05, 3.63) is 131 Å². The van der Waals surface area contributed by atoms with E-state index in [4.69, 9.17) is 28.4 Å².